The Labute approximate surface area is 148 Å². The number of hydrazone groups is 1. The van der Waals surface area contributed by atoms with Crippen LogP contribution in [0.15, 0.2) is 47.6 Å². The number of aromatic hydroxyl groups is 1. The molecule has 1 aromatic heterocycles. The van der Waals surface area contributed by atoms with Crippen molar-refractivity contribution < 1.29 is 9.90 Å². The molecule has 0 atom stereocenters. The quantitative estimate of drug-likeness (QED) is 0.547. The lowest BCUT2D eigenvalue weighted by Gasteiger charge is -2.03. The number of hydrogen-bond donors (Lipinski definition) is 2. The normalized spacial score (nSPS) is 11.3. The topological polar surface area (TPSA) is 66.6 Å². The Kier molecular flexibility index (Phi) is 4.46. The molecule has 3 rings (SSSR count). The Morgan fingerprint density at radius 3 is 2.54 bits per heavy atom. The Hall–Kier alpha value is -2.50. The molecule has 0 aliphatic heterocycles. The second-order valence-electron chi connectivity index (χ2n) is 5.18. The van der Waals surface area contributed by atoms with Gasteiger partial charge < -0.3 is 9.67 Å². The first-order valence-electron chi connectivity index (χ1n) is 7.03. The van der Waals surface area contributed by atoms with E-state index in [0.717, 1.165) is 10.9 Å². The number of nitrogens with one attached hydrogen (secondary N) is 1. The van der Waals surface area contributed by atoms with Crippen LogP contribution in [0.3, 0.4) is 0 Å². The van der Waals surface area contributed by atoms with E-state index >= 15 is 0 Å². The van der Waals surface area contributed by atoms with Crippen LogP contribution in [-0.4, -0.2) is 21.8 Å². The minimum absolute atomic E-state index is 0.115. The molecule has 0 bridgehead atoms. The van der Waals surface area contributed by atoms with Gasteiger partial charge in [0.2, 0.25) is 0 Å². The van der Waals surface area contributed by atoms with Gasteiger partial charge in [0.15, 0.2) is 5.75 Å². The van der Waals surface area contributed by atoms with E-state index in [1.807, 2.05) is 31.3 Å². The Balaban J connectivity index is 1.78. The predicted molar refractivity (Wildman–Crippen MR) is 96.1 cm³/mol. The van der Waals surface area contributed by atoms with Gasteiger partial charge in [0, 0.05) is 18.0 Å². The Morgan fingerprint density at radius 2 is 1.88 bits per heavy atom. The van der Waals surface area contributed by atoms with E-state index in [1.165, 1.54) is 18.3 Å². The molecular formula is C17H13Cl2N3O2. The number of phenolic OH excluding ortho intramolecular Hbond substituents is 1. The van der Waals surface area contributed by atoms with Gasteiger partial charge in [-0.25, -0.2) is 5.43 Å². The van der Waals surface area contributed by atoms with Gasteiger partial charge in [-0.3, -0.25) is 4.79 Å². The van der Waals surface area contributed by atoms with Crippen LogP contribution in [0.25, 0.3) is 10.9 Å². The van der Waals surface area contributed by atoms with Crippen molar-refractivity contribution >= 4 is 46.2 Å². The third-order valence-corrected chi connectivity index (χ3v) is 4.18. The van der Waals surface area contributed by atoms with Crippen molar-refractivity contribution in [2.24, 2.45) is 12.1 Å². The maximum atomic E-state index is 12.3. The average molecular weight is 362 g/mol. The van der Waals surface area contributed by atoms with Crippen molar-refractivity contribution in [1.29, 1.82) is 0 Å². The predicted octanol–water partition coefficient (Wildman–Crippen LogP) is 3.95. The summed E-state index contributed by atoms with van der Waals surface area (Å²) in [5.74, 6) is -0.518. The van der Waals surface area contributed by atoms with E-state index in [2.05, 4.69) is 10.5 Å². The highest BCUT2D eigenvalue weighted by Gasteiger charge is 2.12. The minimum atomic E-state index is -0.332. The largest absolute Gasteiger partial charge is 0.505 e. The number of fused-ring (bicyclic) bond motifs is 1. The van der Waals surface area contributed by atoms with Gasteiger partial charge in [0.25, 0.3) is 5.91 Å². The van der Waals surface area contributed by atoms with Crippen LogP contribution in [0.1, 0.15) is 16.1 Å². The van der Waals surface area contributed by atoms with Crippen LogP contribution >= 0.6 is 23.2 Å². The van der Waals surface area contributed by atoms with Gasteiger partial charge in [-0.1, -0.05) is 41.4 Å². The molecule has 2 aromatic carbocycles. The SMILES string of the molecule is Cn1c(C(=O)N/N=C/c2cc(Cl)c(O)c(Cl)c2)cc2ccccc21. The number of benzene rings is 2. The molecule has 24 heavy (non-hydrogen) atoms. The lowest BCUT2D eigenvalue weighted by Crippen LogP contribution is -2.20. The van der Waals surface area contributed by atoms with Gasteiger partial charge in [-0.2, -0.15) is 5.10 Å². The first kappa shape index (κ1) is 16.4. The van der Waals surface area contributed by atoms with Gasteiger partial charge in [-0.05, 0) is 29.8 Å². The molecule has 0 aliphatic carbocycles. The number of phenols is 1. The number of carbonyl (C=O) groups is 1. The lowest BCUT2D eigenvalue weighted by molar-refractivity contribution is 0.0947. The van der Waals surface area contributed by atoms with E-state index in [9.17, 15) is 9.90 Å². The van der Waals surface area contributed by atoms with E-state index < -0.39 is 0 Å². The fourth-order valence-corrected chi connectivity index (χ4v) is 2.89. The molecule has 0 spiro atoms. The second kappa shape index (κ2) is 6.55. The zero-order chi connectivity index (χ0) is 17.3. The summed E-state index contributed by atoms with van der Waals surface area (Å²) in [4.78, 5) is 12.3. The second-order valence-corrected chi connectivity index (χ2v) is 5.99. The van der Waals surface area contributed by atoms with Crippen LogP contribution in [0, 0.1) is 0 Å². The minimum Gasteiger partial charge on any atom is -0.505 e. The van der Waals surface area contributed by atoms with Crippen LogP contribution in [0.4, 0.5) is 0 Å². The first-order valence-corrected chi connectivity index (χ1v) is 7.79. The summed E-state index contributed by atoms with van der Waals surface area (Å²) < 4.78 is 1.80. The van der Waals surface area contributed by atoms with Gasteiger partial charge in [0.05, 0.1) is 16.3 Å². The fraction of sp³-hybridized carbons (Fsp3) is 0.0588. The molecule has 2 N–H and O–H groups in total. The van der Waals surface area contributed by atoms with E-state index in [-0.39, 0.29) is 21.7 Å². The summed E-state index contributed by atoms with van der Waals surface area (Å²) in [5.41, 5.74) is 4.48. The zero-order valence-electron chi connectivity index (χ0n) is 12.6. The van der Waals surface area contributed by atoms with E-state index in [1.54, 1.807) is 10.6 Å². The Bertz CT molecular complexity index is 941. The van der Waals surface area contributed by atoms with Gasteiger partial charge in [0.1, 0.15) is 5.69 Å². The Morgan fingerprint density at radius 1 is 1.21 bits per heavy atom. The number of aryl methyl sites for hydroxylation is 1. The number of halogens is 2. The standard InChI is InChI=1S/C17H13Cl2N3O2/c1-22-14-5-3-2-4-11(14)8-15(22)17(24)21-20-9-10-6-12(18)16(23)13(19)7-10/h2-9,23H,1H3,(H,21,24)/b20-9+. The number of aromatic nitrogens is 1. The van der Waals surface area contributed by atoms with Crippen molar-refractivity contribution in [3.05, 3.63) is 63.8 Å². The molecule has 0 fully saturated rings. The van der Waals surface area contributed by atoms with Crippen LogP contribution in [-0.2, 0) is 7.05 Å². The smallest absolute Gasteiger partial charge is 0.287 e. The van der Waals surface area contributed by atoms with Crippen molar-refractivity contribution in [3.63, 3.8) is 0 Å². The molecule has 3 aromatic rings. The number of hydrogen-bond acceptors (Lipinski definition) is 3. The summed E-state index contributed by atoms with van der Waals surface area (Å²) in [6.07, 6.45) is 1.40. The summed E-state index contributed by atoms with van der Waals surface area (Å²) in [5, 5.41) is 14.6. The monoisotopic (exact) mass is 361 g/mol. The summed E-state index contributed by atoms with van der Waals surface area (Å²) in [7, 11) is 1.82. The molecule has 7 heteroatoms. The number of amides is 1. The number of nitrogens with zero attached hydrogens (tertiary/aromatic N) is 2. The van der Waals surface area contributed by atoms with Crippen LogP contribution < -0.4 is 5.43 Å². The van der Waals surface area contributed by atoms with Crippen LogP contribution in [0.2, 0.25) is 10.0 Å². The van der Waals surface area contributed by atoms with Crippen molar-refractivity contribution in [2.45, 2.75) is 0 Å². The van der Waals surface area contributed by atoms with Crippen molar-refractivity contribution in [3.8, 4) is 5.75 Å². The molecule has 1 heterocycles. The summed E-state index contributed by atoms with van der Waals surface area (Å²) >= 11 is 11.7. The molecular weight excluding hydrogens is 349 g/mol. The maximum Gasteiger partial charge on any atom is 0.287 e. The molecule has 122 valence electrons. The molecule has 1 amide bonds. The molecule has 5 nitrogen and oxygen atoms in total. The van der Waals surface area contributed by atoms with Crippen molar-refractivity contribution in [1.82, 2.24) is 9.99 Å². The molecule has 0 radical (unpaired) electrons. The highest BCUT2D eigenvalue weighted by atomic mass is 35.5. The number of para-hydroxylation sites is 1. The highest BCUT2D eigenvalue weighted by Crippen LogP contribution is 2.32. The molecule has 0 aliphatic rings. The third-order valence-electron chi connectivity index (χ3n) is 3.60. The van der Waals surface area contributed by atoms with Gasteiger partial charge in [-0.15, -0.1) is 0 Å². The van der Waals surface area contributed by atoms with Gasteiger partial charge >= 0.3 is 0 Å². The molecule has 0 unspecified atom stereocenters. The first-order chi connectivity index (χ1) is 11.5. The lowest BCUT2D eigenvalue weighted by atomic mass is 10.2. The van der Waals surface area contributed by atoms with E-state index in [0.29, 0.717) is 11.3 Å². The highest BCUT2D eigenvalue weighted by molar-refractivity contribution is 6.37. The molecule has 0 saturated heterocycles. The average Bonchev–Trinajstić information content (AvgIpc) is 2.90. The summed E-state index contributed by atoms with van der Waals surface area (Å²) in [6, 6.07) is 12.5. The summed E-state index contributed by atoms with van der Waals surface area (Å²) in [6.45, 7) is 0. The van der Waals surface area contributed by atoms with Crippen molar-refractivity contribution in [2.75, 3.05) is 0 Å². The third kappa shape index (κ3) is 3.09. The number of carbonyl (C=O) groups excluding carboxylic acids is 1. The number of rotatable bonds is 3. The molecule has 0 saturated carbocycles. The van der Waals surface area contributed by atoms with Crippen LogP contribution in [0.5, 0.6) is 5.75 Å². The van der Waals surface area contributed by atoms with E-state index in [4.69, 9.17) is 23.2 Å². The fourth-order valence-electron chi connectivity index (χ4n) is 2.39. The maximum absolute atomic E-state index is 12.3. The zero-order valence-corrected chi connectivity index (χ0v) is 14.1.